The van der Waals surface area contributed by atoms with E-state index in [1.165, 1.54) is 18.0 Å². The Kier molecular flexibility index (Phi) is 7.78. The minimum atomic E-state index is -0.994. The molecule has 1 aliphatic carbocycles. The lowest BCUT2D eigenvalue weighted by Crippen LogP contribution is -2.25. The topological polar surface area (TPSA) is 148 Å². The maximum atomic E-state index is 12.3. The van der Waals surface area contributed by atoms with Crippen LogP contribution in [0.25, 0.3) is 23.0 Å². The molecule has 0 aliphatic heterocycles. The van der Waals surface area contributed by atoms with E-state index in [1.807, 2.05) is 55.5 Å². The number of carbonyl (C=O) groups excluding carboxylic acids is 3. The molecule has 2 heterocycles. The van der Waals surface area contributed by atoms with Gasteiger partial charge in [-0.3, -0.25) is 9.59 Å². The van der Waals surface area contributed by atoms with E-state index in [1.54, 1.807) is 19.1 Å². The normalized spacial score (nSPS) is 13.2. The van der Waals surface area contributed by atoms with Crippen molar-refractivity contribution in [3.8, 4) is 23.0 Å². The van der Waals surface area contributed by atoms with E-state index < -0.39 is 11.9 Å². The highest BCUT2D eigenvalue weighted by Crippen LogP contribution is 2.45. The number of hydrogen-bond donors (Lipinski definition) is 3. The first-order valence-corrected chi connectivity index (χ1v) is 13.4. The van der Waals surface area contributed by atoms with E-state index in [-0.39, 0.29) is 29.6 Å². The number of esters is 1. The summed E-state index contributed by atoms with van der Waals surface area (Å²) in [5, 5.41) is 9.41. The molecule has 0 spiro atoms. The van der Waals surface area contributed by atoms with Crippen LogP contribution in [0.5, 0.6) is 0 Å². The zero-order valence-electron chi connectivity index (χ0n) is 21.8. The number of nitrogens with one attached hydrogen (secondary N) is 3. The molecule has 0 bridgehead atoms. The lowest BCUT2D eigenvalue weighted by molar-refractivity contribution is -0.152. The number of anilines is 3. The van der Waals surface area contributed by atoms with Crippen LogP contribution in [-0.4, -0.2) is 39.5 Å². The largest absolute Gasteiger partial charge is 0.459 e. The zero-order valence-corrected chi connectivity index (χ0v) is 22.6. The van der Waals surface area contributed by atoms with Gasteiger partial charge in [0.15, 0.2) is 0 Å². The van der Waals surface area contributed by atoms with Crippen LogP contribution in [-0.2, 0) is 19.1 Å². The molecule has 0 atom stereocenters. The Morgan fingerprint density at radius 2 is 1.73 bits per heavy atom. The van der Waals surface area contributed by atoms with Crippen LogP contribution in [0.3, 0.4) is 0 Å². The molecule has 0 unspecified atom stereocenters. The van der Waals surface area contributed by atoms with E-state index in [0.29, 0.717) is 11.5 Å². The predicted molar refractivity (Wildman–Crippen MR) is 150 cm³/mol. The molecule has 5 rings (SSSR count). The van der Waals surface area contributed by atoms with Gasteiger partial charge in [0.25, 0.3) is 5.89 Å². The van der Waals surface area contributed by atoms with Crippen molar-refractivity contribution in [1.82, 2.24) is 15.1 Å². The molecule has 1 fully saturated rings. The van der Waals surface area contributed by atoms with Crippen LogP contribution >= 0.6 is 11.9 Å². The molecule has 1 aliphatic rings. The summed E-state index contributed by atoms with van der Waals surface area (Å²) in [7, 11) is 0. The quantitative estimate of drug-likeness (QED) is 0.143. The maximum absolute atomic E-state index is 12.3. The van der Waals surface area contributed by atoms with Gasteiger partial charge in [-0.25, -0.2) is 9.78 Å². The van der Waals surface area contributed by atoms with Crippen molar-refractivity contribution in [2.24, 2.45) is 5.41 Å². The molecule has 204 valence electrons. The Morgan fingerprint density at radius 1 is 0.975 bits per heavy atom. The lowest BCUT2D eigenvalue weighted by Gasteiger charge is -2.12. The smallest absolute Gasteiger partial charge is 0.397 e. The van der Waals surface area contributed by atoms with E-state index in [9.17, 15) is 14.4 Å². The molecule has 12 heteroatoms. The summed E-state index contributed by atoms with van der Waals surface area (Å²) in [6.45, 7) is 3.68. The van der Waals surface area contributed by atoms with Crippen LogP contribution in [0.1, 0.15) is 26.7 Å². The molecule has 2 aromatic heterocycles. The van der Waals surface area contributed by atoms with Gasteiger partial charge in [-0.2, -0.15) is 4.98 Å². The van der Waals surface area contributed by atoms with Gasteiger partial charge >= 0.3 is 11.9 Å². The van der Waals surface area contributed by atoms with E-state index in [2.05, 4.69) is 35.2 Å². The summed E-state index contributed by atoms with van der Waals surface area (Å²) in [4.78, 5) is 45.4. The first kappa shape index (κ1) is 26.9. The fraction of sp³-hybridized carbons (Fsp3) is 0.214. The van der Waals surface area contributed by atoms with Gasteiger partial charge in [-0.05, 0) is 86.3 Å². The summed E-state index contributed by atoms with van der Waals surface area (Å²) in [5.41, 5.74) is 2.46. The Hall–Kier alpha value is -4.71. The zero-order chi connectivity index (χ0) is 28.1. The number of carbonyl (C=O) groups is 3. The Labute approximate surface area is 234 Å². The van der Waals surface area contributed by atoms with E-state index >= 15 is 0 Å². The van der Waals surface area contributed by atoms with Crippen molar-refractivity contribution in [3.63, 3.8) is 0 Å². The summed E-state index contributed by atoms with van der Waals surface area (Å²) in [6.07, 6.45) is 1.85. The van der Waals surface area contributed by atoms with E-state index in [4.69, 9.17) is 4.52 Å². The third kappa shape index (κ3) is 6.46. The van der Waals surface area contributed by atoms with Crippen molar-refractivity contribution in [2.75, 3.05) is 22.0 Å². The number of pyridine rings is 1. The number of hydrogen-bond acceptors (Lipinski definition) is 10. The van der Waals surface area contributed by atoms with Gasteiger partial charge in [0.05, 0.1) is 6.61 Å². The molecule has 0 saturated heterocycles. The minimum absolute atomic E-state index is 0.0572. The van der Waals surface area contributed by atoms with Crippen LogP contribution in [0, 0.1) is 5.41 Å². The number of ether oxygens (including phenoxy) is 1. The third-order valence-electron chi connectivity index (χ3n) is 6.16. The maximum Gasteiger partial charge on any atom is 0.397 e. The Balaban J connectivity index is 1.19. The molecule has 11 nitrogen and oxygen atoms in total. The molecular weight excluding hydrogens is 532 g/mol. The first-order valence-electron chi connectivity index (χ1n) is 12.6. The van der Waals surface area contributed by atoms with Gasteiger partial charge in [0.2, 0.25) is 11.7 Å². The van der Waals surface area contributed by atoms with Gasteiger partial charge in [0, 0.05) is 27.2 Å². The second-order valence-corrected chi connectivity index (χ2v) is 10.2. The molecule has 1 saturated carbocycles. The van der Waals surface area contributed by atoms with Crippen molar-refractivity contribution in [1.29, 1.82) is 0 Å². The Bertz CT molecular complexity index is 1550. The summed E-state index contributed by atoms with van der Waals surface area (Å²) in [6, 6.07) is 20.0. The standard InChI is InChI=1S/C28H26N6O5S/c1-3-38-26(36)24(35)31-22-9-5-8-21(30-22)25-32-23(33-39-25)17-10-12-20(13-11-17)40-34-19-7-4-6-18(16-19)29-27(37)28(2)14-15-28/h4-13,16,34H,3,14-15H2,1-2H3,(H,29,37)(H,30,31,35). The second kappa shape index (κ2) is 11.6. The molecular formula is C28H26N6O5S. The van der Waals surface area contributed by atoms with Crippen LogP contribution in [0.2, 0.25) is 0 Å². The lowest BCUT2D eigenvalue weighted by atomic mass is 10.1. The Morgan fingerprint density at radius 3 is 2.48 bits per heavy atom. The number of aromatic nitrogens is 3. The fourth-order valence-electron chi connectivity index (χ4n) is 3.58. The summed E-state index contributed by atoms with van der Waals surface area (Å²) >= 11 is 1.43. The third-order valence-corrected chi connectivity index (χ3v) is 7.01. The molecule has 3 N–H and O–H groups in total. The number of benzene rings is 2. The fourth-order valence-corrected chi connectivity index (χ4v) is 4.21. The van der Waals surface area contributed by atoms with Crippen molar-refractivity contribution in [2.45, 2.75) is 31.6 Å². The summed E-state index contributed by atoms with van der Waals surface area (Å²) < 4.78 is 13.3. The summed E-state index contributed by atoms with van der Waals surface area (Å²) in [5.74, 6) is -1.18. The predicted octanol–water partition coefficient (Wildman–Crippen LogP) is 5.16. The minimum Gasteiger partial charge on any atom is -0.459 e. The highest BCUT2D eigenvalue weighted by Gasteiger charge is 2.44. The number of nitrogens with zero attached hydrogens (tertiary/aromatic N) is 3. The molecule has 4 aromatic rings. The second-order valence-electron chi connectivity index (χ2n) is 9.33. The SMILES string of the molecule is CCOC(=O)C(=O)Nc1cccc(-c2nc(-c3ccc(SNc4cccc(NC(=O)C5(C)CC5)c4)cc3)no2)n1. The van der Waals surface area contributed by atoms with Crippen LogP contribution < -0.4 is 15.4 Å². The molecule has 40 heavy (non-hydrogen) atoms. The molecule has 2 aromatic carbocycles. The number of amides is 2. The van der Waals surface area contributed by atoms with Gasteiger partial charge in [-0.15, -0.1) is 0 Å². The monoisotopic (exact) mass is 558 g/mol. The highest BCUT2D eigenvalue weighted by atomic mass is 32.2. The average Bonchev–Trinajstić information content (AvgIpc) is 3.52. The van der Waals surface area contributed by atoms with Gasteiger partial charge in [0.1, 0.15) is 11.5 Å². The molecule has 0 radical (unpaired) electrons. The first-order chi connectivity index (χ1) is 19.3. The van der Waals surface area contributed by atoms with Gasteiger partial charge < -0.3 is 24.6 Å². The molecule has 2 amide bonds. The van der Waals surface area contributed by atoms with Crippen LogP contribution in [0.15, 0.2) is 76.1 Å². The van der Waals surface area contributed by atoms with Crippen molar-refractivity contribution in [3.05, 3.63) is 66.7 Å². The van der Waals surface area contributed by atoms with Gasteiger partial charge in [-0.1, -0.05) is 24.2 Å². The van der Waals surface area contributed by atoms with Crippen LogP contribution in [0.4, 0.5) is 17.2 Å². The number of rotatable bonds is 9. The van der Waals surface area contributed by atoms with Crippen molar-refractivity contribution < 1.29 is 23.6 Å². The highest BCUT2D eigenvalue weighted by molar-refractivity contribution is 8.00. The average molecular weight is 559 g/mol. The van der Waals surface area contributed by atoms with E-state index in [0.717, 1.165) is 34.7 Å². The van der Waals surface area contributed by atoms with Crippen molar-refractivity contribution >= 4 is 46.9 Å².